The van der Waals surface area contributed by atoms with Crippen molar-refractivity contribution in [3.63, 3.8) is 0 Å². The Morgan fingerprint density at radius 1 is 1.08 bits per heavy atom. The van der Waals surface area contributed by atoms with Crippen LogP contribution >= 0.6 is 0 Å². The van der Waals surface area contributed by atoms with E-state index in [2.05, 4.69) is 27.2 Å². The van der Waals surface area contributed by atoms with Gasteiger partial charge in [0, 0.05) is 13.1 Å². The molecule has 4 N–H and O–H groups in total. The van der Waals surface area contributed by atoms with E-state index in [0.717, 1.165) is 12.0 Å². The molecule has 0 bridgehead atoms. The molecule has 26 heavy (non-hydrogen) atoms. The molecule has 0 saturated heterocycles. The topological polar surface area (TPSA) is 96.6 Å². The summed E-state index contributed by atoms with van der Waals surface area (Å²) in [6, 6.07) is 15.4. The zero-order valence-electron chi connectivity index (χ0n) is 15.2. The molecular formula is C19H26N4O2S. The number of nitrogens with two attached hydrogens (primary N) is 1. The normalized spacial score (nSPS) is 12.2. The van der Waals surface area contributed by atoms with Crippen LogP contribution in [-0.2, 0) is 16.4 Å². The van der Waals surface area contributed by atoms with Crippen LogP contribution in [-0.4, -0.2) is 34.0 Å². The lowest BCUT2D eigenvalue weighted by Gasteiger charge is -2.10. The van der Waals surface area contributed by atoms with Crippen LogP contribution in [0.3, 0.4) is 0 Å². The summed E-state index contributed by atoms with van der Waals surface area (Å²) in [7, 11) is -3.54. The van der Waals surface area contributed by atoms with Gasteiger partial charge < -0.3 is 11.1 Å². The van der Waals surface area contributed by atoms with Crippen LogP contribution in [0.15, 0.2) is 58.4 Å². The SMILES string of the molecule is Cc1ccc(C)c(S(=O)(=O)NCCN=C(N)NCCc2ccccc2)c1. The number of guanidine groups is 1. The molecule has 2 rings (SSSR count). The summed E-state index contributed by atoms with van der Waals surface area (Å²) in [4.78, 5) is 4.45. The minimum absolute atomic E-state index is 0.191. The second kappa shape index (κ2) is 9.35. The van der Waals surface area contributed by atoms with E-state index in [1.807, 2.05) is 31.2 Å². The Balaban J connectivity index is 1.77. The quantitative estimate of drug-likeness (QED) is 0.372. The van der Waals surface area contributed by atoms with Gasteiger partial charge in [-0.2, -0.15) is 0 Å². The van der Waals surface area contributed by atoms with E-state index in [4.69, 9.17) is 5.73 Å². The molecule has 0 atom stereocenters. The van der Waals surface area contributed by atoms with Crippen LogP contribution in [0.4, 0.5) is 0 Å². The number of rotatable bonds is 8. The Hall–Kier alpha value is -2.38. The Morgan fingerprint density at radius 3 is 2.54 bits per heavy atom. The lowest BCUT2D eigenvalue weighted by atomic mass is 10.1. The summed E-state index contributed by atoms with van der Waals surface area (Å²) in [5.74, 6) is 0.312. The lowest BCUT2D eigenvalue weighted by Crippen LogP contribution is -2.34. The molecule has 0 fully saturated rings. The maximum Gasteiger partial charge on any atom is 0.240 e. The van der Waals surface area contributed by atoms with Gasteiger partial charge in [-0.15, -0.1) is 0 Å². The summed E-state index contributed by atoms with van der Waals surface area (Å²) < 4.78 is 27.3. The van der Waals surface area contributed by atoms with Gasteiger partial charge in [0.15, 0.2) is 5.96 Å². The standard InChI is InChI=1S/C19H26N4O2S/c1-15-8-9-16(2)18(14-15)26(24,25)23-13-12-22-19(20)21-11-10-17-6-4-3-5-7-17/h3-9,14,23H,10-13H2,1-2H3,(H3,20,21,22). The zero-order chi connectivity index (χ0) is 19.0. The number of hydrogen-bond acceptors (Lipinski definition) is 3. The Labute approximate surface area is 155 Å². The smallest absolute Gasteiger partial charge is 0.240 e. The first-order valence-electron chi connectivity index (χ1n) is 8.53. The van der Waals surface area contributed by atoms with Gasteiger partial charge in [-0.25, -0.2) is 13.1 Å². The van der Waals surface area contributed by atoms with Gasteiger partial charge in [-0.1, -0.05) is 42.5 Å². The lowest BCUT2D eigenvalue weighted by molar-refractivity contribution is 0.581. The van der Waals surface area contributed by atoms with Gasteiger partial charge in [0.1, 0.15) is 0 Å². The van der Waals surface area contributed by atoms with E-state index in [-0.39, 0.29) is 13.1 Å². The van der Waals surface area contributed by atoms with Crippen LogP contribution in [0.2, 0.25) is 0 Å². The van der Waals surface area contributed by atoms with E-state index in [1.165, 1.54) is 5.56 Å². The molecule has 7 heteroatoms. The van der Waals surface area contributed by atoms with Crippen molar-refractivity contribution in [1.29, 1.82) is 0 Å². The van der Waals surface area contributed by atoms with Crippen molar-refractivity contribution >= 4 is 16.0 Å². The Kier molecular flexibility index (Phi) is 7.17. The summed E-state index contributed by atoms with van der Waals surface area (Å²) in [5, 5.41) is 3.03. The fourth-order valence-corrected chi connectivity index (χ4v) is 3.81. The third-order valence-corrected chi connectivity index (χ3v) is 5.48. The summed E-state index contributed by atoms with van der Waals surface area (Å²) in [6.07, 6.45) is 0.844. The molecule has 0 saturated carbocycles. The van der Waals surface area contributed by atoms with Crippen molar-refractivity contribution in [3.8, 4) is 0 Å². The summed E-state index contributed by atoms with van der Waals surface area (Å²) >= 11 is 0. The van der Waals surface area contributed by atoms with Crippen molar-refractivity contribution in [1.82, 2.24) is 10.0 Å². The van der Waals surface area contributed by atoms with E-state index in [0.29, 0.717) is 23.0 Å². The van der Waals surface area contributed by atoms with Gasteiger partial charge in [-0.05, 0) is 43.0 Å². The highest BCUT2D eigenvalue weighted by molar-refractivity contribution is 7.89. The average molecular weight is 375 g/mol. The summed E-state index contributed by atoms with van der Waals surface area (Å²) in [5.41, 5.74) is 8.64. The molecule has 0 aliphatic carbocycles. The molecule has 0 unspecified atom stereocenters. The zero-order valence-corrected chi connectivity index (χ0v) is 16.0. The predicted octanol–water partition coefficient (Wildman–Crippen LogP) is 1.73. The Morgan fingerprint density at radius 2 is 1.81 bits per heavy atom. The number of hydrogen-bond donors (Lipinski definition) is 3. The first kappa shape index (κ1) is 19.9. The summed E-state index contributed by atoms with van der Waals surface area (Å²) in [6.45, 7) is 4.78. The first-order chi connectivity index (χ1) is 12.4. The highest BCUT2D eigenvalue weighted by atomic mass is 32.2. The molecule has 0 heterocycles. The fraction of sp³-hybridized carbons (Fsp3) is 0.316. The van der Waals surface area contributed by atoms with Crippen molar-refractivity contribution in [2.75, 3.05) is 19.6 Å². The fourth-order valence-electron chi connectivity index (χ4n) is 2.47. The van der Waals surface area contributed by atoms with Crippen LogP contribution in [0.1, 0.15) is 16.7 Å². The van der Waals surface area contributed by atoms with Crippen molar-refractivity contribution in [3.05, 3.63) is 65.2 Å². The molecule has 2 aromatic carbocycles. The van der Waals surface area contributed by atoms with Gasteiger partial charge in [0.25, 0.3) is 0 Å². The number of sulfonamides is 1. The van der Waals surface area contributed by atoms with Gasteiger partial charge in [0.2, 0.25) is 10.0 Å². The van der Waals surface area contributed by atoms with E-state index in [9.17, 15) is 8.42 Å². The second-order valence-electron chi connectivity index (χ2n) is 6.10. The minimum Gasteiger partial charge on any atom is -0.370 e. The molecule has 0 aliphatic rings. The van der Waals surface area contributed by atoms with E-state index < -0.39 is 10.0 Å². The number of aryl methyl sites for hydroxylation is 2. The number of nitrogens with zero attached hydrogens (tertiary/aromatic N) is 1. The average Bonchev–Trinajstić information content (AvgIpc) is 2.62. The molecular weight excluding hydrogens is 348 g/mol. The predicted molar refractivity (Wildman–Crippen MR) is 106 cm³/mol. The second-order valence-corrected chi connectivity index (χ2v) is 7.83. The molecule has 0 spiro atoms. The Bertz CT molecular complexity index is 849. The van der Waals surface area contributed by atoms with Crippen LogP contribution in [0, 0.1) is 13.8 Å². The molecule has 2 aromatic rings. The van der Waals surface area contributed by atoms with E-state index >= 15 is 0 Å². The molecule has 0 amide bonds. The molecule has 6 nitrogen and oxygen atoms in total. The van der Waals surface area contributed by atoms with Gasteiger partial charge >= 0.3 is 0 Å². The monoisotopic (exact) mass is 374 g/mol. The molecule has 140 valence electrons. The molecule has 0 aromatic heterocycles. The van der Waals surface area contributed by atoms with E-state index in [1.54, 1.807) is 19.1 Å². The molecule has 0 radical (unpaired) electrons. The largest absolute Gasteiger partial charge is 0.370 e. The maximum atomic E-state index is 12.4. The van der Waals surface area contributed by atoms with Gasteiger partial charge in [0.05, 0.1) is 11.4 Å². The maximum absolute atomic E-state index is 12.4. The number of nitrogens with one attached hydrogen (secondary N) is 2. The van der Waals surface area contributed by atoms with Crippen molar-refractivity contribution < 1.29 is 8.42 Å². The third kappa shape index (κ3) is 6.16. The van der Waals surface area contributed by atoms with Gasteiger partial charge in [-0.3, -0.25) is 4.99 Å². The first-order valence-corrected chi connectivity index (χ1v) is 10.0. The third-order valence-electron chi connectivity index (χ3n) is 3.88. The van der Waals surface area contributed by atoms with Crippen LogP contribution in [0.25, 0.3) is 0 Å². The highest BCUT2D eigenvalue weighted by Gasteiger charge is 2.15. The highest BCUT2D eigenvalue weighted by Crippen LogP contribution is 2.16. The molecule has 0 aliphatic heterocycles. The van der Waals surface area contributed by atoms with Crippen molar-refractivity contribution in [2.24, 2.45) is 10.7 Å². The van der Waals surface area contributed by atoms with Crippen LogP contribution < -0.4 is 15.8 Å². The van der Waals surface area contributed by atoms with Crippen LogP contribution in [0.5, 0.6) is 0 Å². The minimum atomic E-state index is -3.54. The number of aliphatic imine (C=N–C) groups is 1. The number of benzene rings is 2. The van der Waals surface area contributed by atoms with Crippen molar-refractivity contribution in [2.45, 2.75) is 25.2 Å².